The molecular formula is C19H22ClN3O3S2. The molecule has 0 atom stereocenters. The van der Waals surface area contributed by atoms with Crippen molar-refractivity contribution in [3.05, 3.63) is 54.6 Å². The van der Waals surface area contributed by atoms with Crippen LogP contribution in [-0.2, 0) is 14.6 Å². The second kappa shape index (κ2) is 9.47. The van der Waals surface area contributed by atoms with Gasteiger partial charge in [-0.3, -0.25) is 9.69 Å². The van der Waals surface area contributed by atoms with E-state index in [1.165, 1.54) is 28.4 Å². The summed E-state index contributed by atoms with van der Waals surface area (Å²) in [5, 5.41) is 0.520. The third-order valence-corrected chi connectivity index (χ3v) is 6.68. The number of anilines is 1. The molecule has 0 aliphatic rings. The number of fused-ring (bicyclic) bond motifs is 1. The van der Waals surface area contributed by atoms with E-state index in [4.69, 9.17) is 0 Å². The number of rotatable bonds is 7. The highest BCUT2D eigenvalue weighted by atomic mass is 35.5. The van der Waals surface area contributed by atoms with Crippen molar-refractivity contribution in [2.75, 3.05) is 37.8 Å². The van der Waals surface area contributed by atoms with E-state index < -0.39 is 21.5 Å². The number of amides is 1. The first-order chi connectivity index (χ1) is 12.9. The summed E-state index contributed by atoms with van der Waals surface area (Å²) in [5.74, 6) is -1.06. The zero-order chi connectivity index (χ0) is 19.4. The molecule has 1 amide bonds. The molecule has 0 aliphatic heterocycles. The van der Waals surface area contributed by atoms with Crippen LogP contribution < -0.4 is 4.90 Å². The molecule has 0 N–H and O–H groups in total. The van der Waals surface area contributed by atoms with Crippen molar-refractivity contribution in [3.63, 3.8) is 0 Å². The van der Waals surface area contributed by atoms with E-state index in [1.807, 2.05) is 43.3 Å². The number of para-hydroxylation sites is 1. The number of likely N-dealkylation sites (N-methyl/N-ethyl adjacent to an activating group) is 1. The van der Waals surface area contributed by atoms with E-state index in [0.717, 1.165) is 10.2 Å². The van der Waals surface area contributed by atoms with Crippen molar-refractivity contribution in [2.45, 2.75) is 4.90 Å². The molecule has 0 saturated heterocycles. The van der Waals surface area contributed by atoms with Crippen LogP contribution >= 0.6 is 23.7 Å². The Hall–Kier alpha value is -2.00. The van der Waals surface area contributed by atoms with Gasteiger partial charge in [0.1, 0.15) is 5.75 Å². The van der Waals surface area contributed by atoms with Gasteiger partial charge in [-0.1, -0.05) is 41.7 Å². The normalized spacial score (nSPS) is 11.4. The van der Waals surface area contributed by atoms with Crippen molar-refractivity contribution in [3.8, 4) is 0 Å². The summed E-state index contributed by atoms with van der Waals surface area (Å²) in [6.45, 7) is 0.975. The topological polar surface area (TPSA) is 70.6 Å². The van der Waals surface area contributed by atoms with E-state index in [2.05, 4.69) is 4.98 Å². The molecule has 150 valence electrons. The van der Waals surface area contributed by atoms with E-state index in [9.17, 15) is 13.2 Å². The molecule has 0 spiro atoms. The first-order valence-corrected chi connectivity index (χ1v) is 10.9. The molecule has 28 heavy (non-hydrogen) atoms. The summed E-state index contributed by atoms with van der Waals surface area (Å²) < 4.78 is 26.2. The predicted molar refractivity (Wildman–Crippen MR) is 116 cm³/mol. The molecule has 0 saturated carbocycles. The lowest BCUT2D eigenvalue weighted by Crippen LogP contribution is -2.40. The molecule has 0 fully saturated rings. The molecule has 3 rings (SSSR count). The van der Waals surface area contributed by atoms with Crippen molar-refractivity contribution >= 4 is 54.8 Å². The molecule has 3 aromatic rings. The lowest BCUT2D eigenvalue weighted by atomic mass is 10.3. The van der Waals surface area contributed by atoms with Crippen LogP contribution in [0.4, 0.5) is 5.13 Å². The maximum atomic E-state index is 12.9. The number of hydrogen-bond donors (Lipinski definition) is 0. The molecule has 2 aromatic carbocycles. The van der Waals surface area contributed by atoms with Crippen molar-refractivity contribution in [1.82, 2.24) is 9.88 Å². The Labute approximate surface area is 175 Å². The van der Waals surface area contributed by atoms with Gasteiger partial charge in [0, 0.05) is 13.1 Å². The van der Waals surface area contributed by atoms with E-state index in [-0.39, 0.29) is 17.3 Å². The molecule has 9 heteroatoms. The summed E-state index contributed by atoms with van der Waals surface area (Å²) in [5.41, 5.74) is 0.797. The Bertz CT molecular complexity index is 1000. The lowest BCUT2D eigenvalue weighted by Gasteiger charge is -2.22. The van der Waals surface area contributed by atoms with Crippen LogP contribution in [-0.4, -0.2) is 57.1 Å². The highest BCUT2D eigenvalue weighted by molar-refractivity contribution is 7.92. The quantitative estimate of drug-likeness (QED) is 0.565. The zero-order valence-corrected chi connectivity index (χ0v) is 18.1. The Morgan fingerprint density at radius 1 is 1.00 bits per heavy atom. The Kier molecular flexibility index (Phi) is 7.54. The Balaban J connectivity index is 0.00000280. The molecular weight excluding hydrogens is 418 g/mol. The fraction of sp³-hybridized carbons (Fsp3) is 0.263. The number of aromatic nitrogens is 1. The molecule has 0 radical (unpaired) electrons. The number of carbonyl (C=O) groups excluding carboxylic acids is 1. The van der Waals surface area contributed by atoms with Gasteiger partial charge in [0.25, 0.3) is 0 Å². The molecule has 6 nitrogen and oxygen atoms in total. The largest absolute Gasteiger partial charge is 0.308 e. The number of nitrogens with zero attached hydrogens (tertiary/aromatic N) is 3. The molecule has 0 aliphatic carbocycles. The van der Waals surface area contributed by atoms with E-state index in [1.54, 1.807) is 18.2 Å². The van der Waals surface area contributed by atoms with Gasteiger partial charge in [0.15, 0.2) is 15.0 Å². The zero-order valence-electron chi connectivity index (χ0n) is 15.6. The van der Waals surface area contributed by atoms with Crippen LogP contribution in [0, 0.1) is 0 Å². The highest BCUT2D eigenvalue weighted by Gasteiger charge is 2.26. The van der Waals surface area contributed by atoms with Crippen molar-refractivity contribution in [1.29, 1.82) is 0 Å². The number of carbonyl (C=O) groups is 1. The van der Waals surface area contributed by atoms with Crippen LogP contribution in [0.3, 0.4) is 0 Å². The predicted octanol–water partition coefficient (Wildman–Crippen LogP) is 3.09. The van der Waals surface area contributed by atoms with E-state index >= 15 is 0 Å². The number of halogens is 1. The number of sulfone groups is 1. The first kappa shape index (κ1) is 22.3. The van der Waals surface area contributed by atoms with Crippen molar-refractivity contribution in [2.24, 2.45) is 0 Å². The minimum atomic E-state index is -3.71. The van der Waals surface area contributed by atoms with Crippen LogP contribution in [0.1, 0.15) is 0 Å². The van der Waals surface area contributed by atoms with Crippen LogP contribution in [0.15, 0.2) is 59.5 Å². The van der Waals surface area contributed by atoms with Gasteiger partial charge < -0.3 is 4.90 Å². The fourth-order valence-corrected chi connectivity index (χ4v) is 4.78. The lowest BCUT2D eigenvalue weighted by molar-refractivity contribution is -0.116. The summed E-state index contributed by atoms with van der Waals surface area (Å²) in [7, 11) is 0.0998. The third kappa shape index (κ3) is 5.29. The average Bonchev–Trinajstić information content (AvgIpc) is 3.05. The molecule has 0 unspecified atom stereocenters. The SMILES string of the molecule is CN(C)CCN(C(=O)CS(=O)(=O)c1ccccc1)c1nc2ccccc2s1.Cl. The van der Waals surface area contributed by atoms with Crippen LogP contribution in [0.25, 0.3) is 10.2 Å². The minimum absolute atomic E-state index is 0. The van der Waals surface area contributed by atoms with Gasteiger partial charge in [-0.05, 0) is 38.4 Å². The van der Waals surface area contributed by atoms with Gasteiger partial charge >= 0.3 is 0 Å². The van der Waals surface area contributed by atoms with Gasteiger partial charge in [-0.25, -0.2) is 13.4 Å². The first-order valence-electron chi connectivity index (χ1n) is 8.45. The summed E-state index contributed by atoms with van der Waals surface area (Å²) >= 11 is 1.39. The molecule has 1 aromatic heterocycles. The highest BCUT2D eigenvalue weighted by Crippen LogP contribution is 2.29. The average molecular weight is 440 g/mol. The van der Waals surface area contributed by atoms with E-state index in [0.29, 0.717) is 18.2 Å². The second-order valence-electron chi connectivity index (χ2n) is 6.38. The second-order valence-corrected chi connectivity index (χ2v) is 9.38. The fourth-order valence-electron chi connectivity index (χ4n) is 2.55. The number of thiazole rings is 1. The van der Waals surface area contributed by atoms with Crippen LogP contribution in [0.5, 0.6) is 0 Å². The summed E-state index contributed by atoms with van der Waals surface area (Å²) in [6.07, 6.45) is 0. The summed E-state index contributed by atoms with van der Waals surface area (Å²) in [6, 6.07) is 15.7. The summed E-state index contributed by atoms with van der Waals surface area (Å²) in [4.78, 5) is 21.0. The standard InChI is InChI=1S/C19H21N3O3S2.ClH/c1-21(2)12-13-22(19-20-16-10-6-7-11-17(16)26-19)18(23)14-27(24,25)15-8-4-3-5-9-15;/h3-11H,12-14H2,1-2H3;1H. The maximum absolute atomic E-state index is 12.9. The Morgan fingerprint density at radius 2 is 1.64 bits per heavy atom. The molecule has 1 heterocycles. The minimum Gasteiger partial charge on any atom is -0.308 e. The molecule has 0 bridgehead atoms. The van der Waals surface area contributed by atoms with Gasteiger partial charge in [0.05, 0.1) is 15.1 Å². The number of benzene rings is 2. The monoisotopic (exact) mass is 439 g/mol. The van der Waals surface area contributed by atoms with Gasteiger partial charge in [-0.15, -0.1) is 12.4 Å². The third-order valence-electron chi connectivity index (χ3n) is 4.00. The van der Waals surface area contributed by atoms with Gasteiger partial charge in [0.2, 0.25) is 5.91 Å². The van der Waals surface area contributed by atoms with Crippen molar-refractivity contribution < 1.29 is 13.2 Å². The maximum Gasteiger partial charge on any atom is 0.244 e. The van der Waals surface area contributed by atoms with Gasteiger partial charge in [-0.2, -0.15) is 0 Å². The smallest absolute Gasteiger partial charge is 0.244 e. The Morgan fingerprint density at radius 3 is 2.29 bits per heavy atom. The number of hydrogen-bond acceptors (Lipinski definition) is 6. The van der Waals surface area contributed by atoms with Crippen LogP contribution in [0.2, 0.25) is 0 Å².